The van der Waals surface area contributed by atoms with Crippen LogP contribution in [0.1, 0.15) is 25.7 Å². The molecule has 1 unspecified atom stereocenters. The highest BCUT2D eigenvalue weighted by molar-refractivity contribution is 5.27. The molecule has 2 rings (SSSR count). The van der Waals surface area contributed by atoms with Crippen molar-refractivity contribution in [3.8, 4) is 0 Å². The second kappa shape index (κ2) is 4.86. The highest BCUT2D eigenvalue weighted by atomic mass is 15.4. The van der Waals surface area contributed by atoms with Gasteiger partial charge in [0.15, 0.2) is 0 Å². The molecule has 0 saturated carbocycles. The van der Waals surface area contributed by atoms with Gasteiger partial charge in [0.1, 0.15) is 5.82 Å². The minimum Gasteiger partial charge on any atom is -0.390 e. The third-order valence-electron chi connectivity index (χ3n) is 3.80. The average Bonchev–Trinajstić information content (AvgIpc) is 2.35. The zero-order valence-electron chi connectivity index (χ0n) is 10.8. The van der Waals surface area contributed by atoms with Crippen LogP contribution in [0.15, 0.2) is 37.0 Å². The molecule has 0 amide bonds. The predicted molar refractivity (Wildman–Crippen MR) is 72.1 cm³/mol. The van der Waals surface area contributed by atoms with E-state index in [4.69, 9.17) is 0 Å². The molecule has 3 nitrogen and oxygen atoms in total. The molecule has 0 aromatic heterocycles. The Bertz CT molecular complexity index is 339. The lowest BCUT2D eigenvalue weighted by molar-refractivity contribution is 0.141. The molecule has 0 aromatic carbocycles. The molecule has 2 saturated heterocycles. The average molecular weight is 233 g/mol. The summed E-state index contributed by atoms with van der Waals surface area (Å²) < 4.78 is 0. The maximum atomic E-state index is 4.24. The van der Waals surface area contributed by atoms with E-state index in [-0.39, 0.29) is 0 Å². The Morgan fingerprint density at radius 1 is 1.24 bits per heavy atom. The van der Waals surface area contributed by atoms with Crippen molar-refractivity contribution in [2.45, 2.75) is 31.7 Å². The molecule has 3 heteroatoms. The van der Waals surface area contributed by atoms with Gasteiger partial charge in [0, 0.05) is 38.0 Å². The number of rotatable bonds is 4. The molecule has 2 aliphatic heterocycles. The molecule has 0 radical (unpaired) electrons. The molecular weight excluding hydrogens is 210 g/mol. The lowest BCUT2D eigenvalue weighted by atomic mass is 9.96. The van der Waals surface area contributed by atoms with Gasteiger partial charge in [-0.15, -0.1) is 0 Å². The Morgan fingerprint density at radius 3 is 2.41 bits per heavy atom. The monoisotopic (exact) mass is 233 g/mol. The number of hydrogen-bond donors (Lipinski definition) is 1. The Kier molecular flexibility index (Phi) is 3.46. The normalized spacial score (nSPS) is 24.3. The molecular formula is C14H23N3. The van der Waals surface area contributed by atoms with Crippen molar-refractivity contribution in [2.24, 2.45) is 0 Å². The van der Waals surface area contributed by atoms with E-state index in [1.807, 2.05) is 7.05 Å². The summed E-state index contributed by atoms with van der Waals surface area (Å²) in [5.74, 6) is 1.10. The highest BCUT2D eigenvalue weighted by Crippen LogP contribution is 2.36. The third-order valence-corrected chi connectivity index (χ3v) is 3.80. The Labute approximate surface area is 104 Å². The lowest BCUT2D eigenvalue weighted by Gasteiger charge is -2.49. The van der Waals surface area contributed by atoms with Crippen molar-refractivity contribution in [3.63, 3.8) is 0 Å². The summed E-state index contributed by atoms with van der Waals surface area (Å²) in [6.07, 6.45) is 4.89. The first-order valence-corrected chi connectivity index (χ1v) is 6.42. The van der Waals surface area contributed by atoms with Gasteiger partial charge < -0.3 is 15.1 Å². The van der Waals surface area contributed by atoms with E-state index in [1.54, 1.807) is 0 Å². The van der Waals surface area contributed by atoms with E-state index in [1.165, 1.54) is 19.3 Å². The lowest BCUT2D eigenvalue weighted by Crippen LogP contribution is -2.51. The molecule has 2 fully saturated rings. The molecule has 2 aliphatic rings. The molecule has 1 N–H and O–H groups in total. The Balaban J connectivity index is 2.01. The summed E-state index contributed by atoms with van der Waals surface area (Å²) in [5, 5.41) is 3.14. The van der Waals surface area contributed by atoms with Crippen LogP contribution >= 0.6 is 0 Å². The first-order valence-electron chi connectivity index (χ1n) is 6.42. The number of nitrogens with one attached hydrogen (secondary N) is 1. The fourth-order valence-corrected chi connectivity index (χ4v) is 2.63. The molecule has 0 spiro atoms. The van der Waals surface area contributed by atoms with E-state index in [0.29, 0.717) is 6.04 Å². The fourth-order valence-electron chi connectivity index (χ4n) is 2.63. The van der Waals surface area contributed by atoms with Crippen molar-refractivity contribution < 1.29 is 0 Å². The van der Waals surface area contributed by atoms with E-state index >= 15 is 0 Å². The third kappa shape index (κ3) is 2.19. The van der Waals surface area contributed by atoms with Crippen LogP contribution in [0.25, 0.3) is 0 Å². The van der Waals surface area contributed by atoms with Crippen LogP contribution in [-0.2, 0) is 0 Å². The topological polar surface area (TPSA) is 18.5 Å². The molecule has 2 heterocycles. The summed E-state index contributed by atoms with van der Waals surface area (Å²) in [7, 11) is 1.92. The number of nitrogens with zero attached hydrogens (tertiary/aromatic N) is 2. The largest absolute Gasteiger partial charge is 0.390 e. The van der Waals surface area contributed by atoms with E-state index in [2.05, 4.69) is 34.9 Å². The predicted octanol–water partition coefficient (Wildman–Crippen LogP) is 2.26. The minimum absolute atomic E-state index is 0.335. The maximum absolute atomic E-state index is 4.24. The summed E-state index contributed by atoms with van der Waals surface area (Å²) in [4.78, 5) is 4.61. The smallest absolute Gasteiger partial charge is 0.101 e. The summed E-state index contributed by atoms with van der Waals surface area (Å²) in [6.45, 7) is 14.6. The molecule has 0 bridgehead atoms. The van der Waals surface area contributed by atoms with E-state index in [0.717, 1.165) is 36.7 Å². The first-order chi connectivity index (χ1) is 8.15. The Morgan fingerprint density at radius 2 is 1.88 bits per heavy atom. The van der Waals surface area contributed by atoms with Crippen molar-refractivity contribution in [1.82, 2.24) is 15.1 Å². The number of hydrogen-bond acceptors (Lipinski definition) is 3. The van der Waals surface area contributed by atoms with Crippen LogP contribution in [0.4, 0.5) is 0 Å². The number of likely N-dealkylation sites (tertiary alicyclic amines) is 2. The zero-order valence-corrected chi connectivity index (χ0v) is 10.8. The van der Waals surface area contributed by atoms with Crippen LogP contribution in [0.5, 0.6) is 0 Å². The minimum atomic E-state index is 0.335. The zero-order chi connectivity index (χ0) is 12.4. The second-order valence-corrected chi connectivity index (χ2v) is 4.90. The Hall–Kier alpha value is -1.38. The van der Waals surface area contributed by atoms with Crippen molar-refractivity contribution in [3.05, 3.63) is 37.0 Å². The number of likely N-dealkylation sites (N-methyl/N-ethyl adjacent to an activating group) is 1. The molecule has 0 aromatic rings. The highest BCUT2D eigenvalue weighted by Gasteiger charge is 2.36. The van der Waals surface area contributed by atoms with Gasteiger partial charge in [-0.05, 0) is 19.3 Å². The van der Waals surface area contributed by atoms with Gasteiger partial charge >= 0.3 is 0 Å². The SMILES string of the molecule is C=C(NC)C1CC(=C)N1C(=C)N1CCCCC1. The van der Waals surface area contributed by atoms with Crippen LogP contribution < -0.4 is 5.32 Å². The van der Waals surface area contributed by atoms with Gasteiger partial charge in [0.05, 0.1) is 6.04 Å². The molecule has 1 atom stereocenters. The van der Waals surface area contributed by atoms with Gasteiger partial charge in [-0.25, -0.2) is 0 Å². The van der Waals surface area contributed by atoms with Crippen LogP contribution in [0, 0.1) is 0 Å². The summed E-state index contributed by atoms with van der Waals surface area (Å²) >= 11 is 0. The van der Waals surface area contributed by atoms with Gasteiger partial charge in [-0.2, -0.15) is 0 Å². The molecule has 94 valence electrons. The van der Waals surface area contributed by atoms with Crippen molar-refractivity contribution in [1.29, 1.82) is 0 Å². The van der Waals surface area contributed by atoms with Crippen molar-refractivity contribution >= 4 is 0 Å². The standard InChI is InChI=1S/C14H23N3/c1-11-10-14(12(2)15-4)17(11)13(3)16-8-6-5-7-9-16/h14-15H,1-3,5-10H2,4H3. The fraction of sp³-hybridized carbons (Fsp3) is 0.571. The quantitative estimate of drug-likeness (QED) is 0.803. The molecule has 0 aliphatic carbocycles. The van der Waals surface area contributed by atoms with Gasteiger partial charge in [-0.1, -0.05) is 19.7 Å². The number of piperidine rings is 1. The van der Waals surface area contributed by atoms with Gasteiger partial charge in [-0.3, -0.25) is 0 Å². The summed E-state index contributed by atoms with van der Waals surface area (Å²) in [6, 6.07) is 0.335. The van der Waals surface area contributed by atoms with Crippen LogP contribution in [0.3, 0.4) is 0 Å². The summed E-state index contributed by atoms with van der Waals surface area (Å²) in [5.41, 5.74) is 2.21. The van der Waals surface area contributed by atoms with Crippen molar-refractivity contribution in [2.75, 3.05) is 20.1 Å². The van der Waals surface area contributed by atoms with E-state index in [9.17, 15) is 0 Å². The van der Waals surface area contributed by atoms with Gasteiger partial charge in [0.2, 0.25) is 0 Å². The molecule has 17 heavy (non-hydrogen) atoms. The van der Waals surface area contributed by atoms with Gasteiger partial charge in [0.25, 0.3) is 0 Å². The maximum Gasteiger partial charge on any atom is 0.101 e. The van der Waals surface area contributed by atoms with Crippen LogP contribution in [0.2, 0.25) is 0 Å². The van der Waals surface area contributed by atoms with E-state index < -0.39 is 0 Å². The first kappa shape index (κ1) is 12.1. The van der Waals surface area contributed by atoms with Crippen LogP contribution in [-0.4, -0.2) is 36.0 Å². The second-order valence-electron chi connectivity index (χ2n) is 4.90.